The van der Waals surface area contributed by atoms with Crippen molar-refractivity contribution in [2.24, 2.45) is 0 Å². The number of hydrogen-bond donors (Lipinski definition) is 3. The van der Waals surface area contributed by atoms with Gasteiger partial charge in [0.2, 0.25) is 5.91 Å². The van der Waals surface area contributed by atoms with Crippen molar-refractivity contribution in [2.45, 2.75) is 6.10 Å². The molecule has 1 rings (SSSR count). The van der Waals surface area contributed by atoms with E-state index in [-0.39, 0.29) is 19.1 Å². The van der Waals surface area contributed by atoms with Crippen molar-refractivity contribution in [3.63, 3.8) is 0 Å². The number of carbonyl (C=O) groups is 1. The van der Waals surface area contributed by atoms with Crippen LogP contribution in [-0.2, 0) is 4.79 Å². The summed E-state index contributed by atoms with van der Waals surface area (Å²) < 4.78 is 0. The molecule has 1 atom stereocenters. The third-order valence-corrected chi connectivity index (χ3v) is 2.61. The number of nitrogens with zero attached hydrogens (tertiary/aromatic N) is 2. The molecule has 94 valence electrons. The van der Waals surface area contributed by atoms with Crippen LogP contribution in [-0.4, -0.2) is 84.9 Å². The fraction of sp³-hybridized carbons (Fsp3) is 0.900. The second-order valence-electron chi connectivity index (χ2n) is 4.16. The second kappa shape index (κ2) is 6.80. The Morgan fingerprint density at radius 1 is 1.50 bits per heavy atom. The zero-order valence-corrected chi connectivity index (χ0v) is 9.72. The maximum Gasteiger partial charge on any atom is 0.236 e. The van der Waals surface area contributed by atoms with E-state index in [1.165, 1.54) is 0 Å². The van der Waals surface area contributed by atoms with E-state index in [1.807, 2.05) is 4.90 Å². The molecule has 6 nitrogen and oxygen atoms in total. The summed E-state index contributed by atoms with van der Waals surface area (Å²) in [6.07, 6.45) is -0.777. The molecule has 0 spiro atoms. The molecular weight excluding hydrogens is 210 g/mol. The largest absolute Gasteiger partial charge is 0.394 e. The molecular formula is C10H21N3O3. The van der Waals surface area contributed by atoms with Crippen molar-refractivity contribution in [3.05, 3.63) is 0 Å². The minimum atomic E-state index is -0.777. The van der Waals surface area contributed by atoms with E-state index in [9.17, 15) is 9.90 Å². The van der Waals surface area contributed by atoms with Gasteiger partial charge in [0.15, 0.2) is 0 Å². The number of piperazine rings is 1. The Morgan fingerprint density at radius 3 is 2.69 bits per heavy atom. The third kappa shape index (κ3) is 4.44. The van der Waals surface area contributed by atoms with Gasteiger partial charge in [0.1, 0.15) is 0 Å². The van der Waals surface area contributed by atoms with Crippen LogP contribution in [0.3, 0.4) is 0 Å². The Labute approximate surface area is 95.8 Å². The lowest BCUT2D eigenvalue weighted by atomic mass is 10.3. The Morgan fingerprint density at radius 2 is 2.12 bits per heavy atom. The fourth-order valence-electron chi connectivity index (χ4n) is 1.73. The average Bonchev–Trinajstić information content (AvgIpc) is 2.29. The minimum absolute atomic E-state index is 0.0779. The minimum Gasteiger partial charge on any atom is -0.394 e. The van der Waals surface area contributed by atoms with E-state index in [1.54, 1.807) is 11.9 Å². The number of aliphatic hydroxyl groups is 2. The molecule has 16 heavy (non-hydrogen) atoms. The van der Waals surface area contributed by atoms with Gasteiger partial charge in [0.25, 0.3) is 0 Å². The van der Waals surface area contributed by atoms with Crippen molar-refractivity contribution in [1.82, 2.24) is 15.1 Å². The third-order valence-electron chi connectivity index (χ3n) is 2.61. The van der Waals surface area contributed by atoms with Gasteiger partial charge in [-0.3, -0.25) is 9.69 Å². The zero-order chi connectivity index (χ0) is 12.0. The number of hydrogen-bond acceptors (Lipinski definition) is 5. The predicted molar refractivity (Wildman–Crippen MR) is 60.0 cm³/mol. The Balaban J connectivity index is 2.26. The van der Waals surface area contributed by atoms with Crippen molar-refractivity contribution in [3.8, 4) is 0 Å². The summed E-state index contributed by atoms with van der Waals surface area (Å²) in [6.45, 7) is 3.51. The first-order chi connectivity index (χ1) is 7.63. The fourth-order valence-corrected chi connectivity index (χ4v) is 1.73. The molecule has 1 unspecified atom stereocenters. The quantitative estimate of drug-likeness (QED) is 0.496. The lowest BCUT2D eigenvalue weighted by Crippen LogP contribution is -2.49. The maximum atomic E-state index is 11.8. The molecule has 6 heteroatoms. The van der Waals surface area contributed by atoms with Gasteiger partial charge < -0.3 is 20.4 Å². The van der Waals surface area contributed by atoms with Crippen LogP contribution in [0.1, 0.15) is 0 Å². The standard InChI is InChI=1S/C10H21N3O3/c1-12(6-9(15)8-14)7-10(16)13-4-2-11-3-5-13/h9,11,14-15H,2-8H2,1H3. The molecule has 0 radical (unpaired) electrons. The molecule has 0 aromatic carbocycles. The van der Waals surface area contributed by atoms with E-state index >= 15 is 0 Å². The van der Waals surface area contributed by atoms with Crippen LogP contribution in [0.5, 0.6) is 0 Å². The molecule has 1 saturated heterocycles. The average molecular weight is 231 g/mol. The van der Waals surface area contributed by atoms with Gasteiger partial charge in [-0.25, -0.2) is 0 Å². The number of carbonyl (C=O) groups excluding carboxylic acids is 1. The molecule has 3 N–H and O–H groups in total. The topological polar surface area (TPSA) is 76.0 Å². The van der Waals surface area contributed by atoms with Crippen LogP contribution < -0.4 is 5.32 Å². The van der Waals surface area contributed by atoms with Gasteiger partial charge in [-0.05, 0) is 7.05 Å². The summed E-state index contributed by atoms with van der Waals surface area (Å²) in [4.78, 5) is 15.3. The van der Waals surface area contributed by atoms with Crippen LogP contribution >= 0.6 is 0 Å². The first kappa shape index (κ1) is 13.4. The van der Waals surface area contributed by atoms with E-state index < -0.39 is 6.10 Å². The maximum absolute atomic E-state index is 11.8. The Bertz CT molecular complexity index is 219. The lowest BCUT2D eigenvalue weighted by Gasteiger charge is -2.29. The summed E-state index contributed by atoms with van der Waals surface area (Å²) >= 11 is 0. The molecule has 1 heterocycles. The summed E-state index contributed by atoms with van der Waals surface area (Å²) in [5, 5.41) is 21.1. The molecule has 0 aromatic rings. The van der Waals surface area contributed by atoms with Gasteiger partial charge in [-0.15, -0.1) is 0 Å². The van der Waals surface area contributed by atoms with Crippen LogP contribution in [0.25, 0.3) is 0 Å². The van der Waals surface area contributed by atoms with E-state index in [2.05, 4.69) is 5.32 Å². The van der Waals surface area contributed by atoms with Crippen LogP contribution in [0.2, 0.25) is 0 Å². The van der Waals surface area contributed by atoms with Gasteiger partial charge in [0.05, 0.1) is 19.3 Å². The molecule has 1 aliphatic rings. The van der Waals surface area contributed by atoms with Crippen molar-refractivity contribution < 1.29 is 15.0 Å². The molecule has 0 aromatic heterocycles. The lowest BCUT2D eigenvalue weighted by molar-refractivity contribution is -0.133. The van der Waals surface area contributed by atoms with E-state index in [0.29, 0.717) is 6.54 Å². The number of rotatable bonds is 5. The van der Waals surface area contributed by atoms with Gasteiger partial charge in [-0.2, -0.15) is 0 Å². The first-order valence-electron chi connectivity index (χ1n) is 5.59. The van der Waals surface area contributed by atoms with Gasteiger partial charge in [-0.1, -0.05) is 0 Å². The molecule has 0 aliphatic carbocycles. The van der Waals surface area contributed by atoms with Crippen LogP contribution in [0.4, 0.5) is 0 Å². The molecule has 0 bridgehead atoms. The highest BCUT2D eigenvalue weighted by atomic mass is 16.3. The highest BCUT2D eigenvalue weighted by molar-refractivity contribution is 5.78. The highest BCUT2D eigenvalue weighted by Gasteiger charge is 2.18. The number of aliphatic hydroxyl groups excluding tert-OH is 2. The van der Waals surface area contributed by atoms with Crippen LogP contribution in [0.15, 0.2) is 0 Å². The summed E-state index contributed by atoms with van der Waals surface area (Å²) in [7, 11) is 1.76. The first-order valence-corrected chi connectivity index (χ1v) is 5.59. The number of amides is 1. The zero-order valence-electron chi connectivity index (χ0n) is 9.72. The van der Waals surface area contributed by atoms with Gasteiger partial charge >= 0.3 is 0 Å². The molecule has 0 saturated carbocycles. The van der Waals surface area contributed by atoms with Crippen LogP contribution in [0, 0.1) is 0 Å². The predicted octanol–water partition coefficient (Wildman–Crippen LogP) is -2.30. The van der Waals surface area contributed by atoms with Crippen molar-refractivity contribution in [2.75, 3.05) is 52.9 Å². The monoisotopic (exact) mass is 231 g/mol. The molecule has 1 fully saturated rings. The molecule has 1 amide bonds. The Kier molecular flexibility index (Phi) is 5.68. The summed E-state index contributed by atoms with van der Waals surface area (Å²) in [6, 6.07) is 0. The smallest absolute Gasteiger partial charge is 0.236 e. The Hall–Kier alpha value is -0.690. The van der Waals surface area contributed by atoms with Gasteiger partial charge in [0, 0.05) is 32.7 Å². The van der Waals surface area contributed by atoms with E-state index in [4.69, 9.17) is 5.11 Å². The SMILES string of the molecule is CN(CC(=O)N1CCNCC1)CC(O)CO. The number of nitrogens with one attached hydrogen (secondary N) is 1. The molecule has 1 aliphatic heterocycles. The summed E-state index contributed by atoms with van der Waals surface area (Å²) in [5.41, 5.74) is 0. The second-order valence-corrected chi connectivity index (χ2v) is 4.16. The highest BCUT2D eigenvalue weighted by Crippen LogP contribution is 1.96. The van der Waals surface area contributed by atoms with Crippen molar-refractivity contribution in [1.29, 1.82) is 0 Å². The van der Waals surface area contributed by atoms with Crippen molar-refractivity contribution >= 4 is 5.91 Å². The summed E-state index contributed by atoms with van der Waals surface area (Å²) in [5.74, 6) is 0.0779. The normalized spacial score (nSPS) is 18.9. The van der Waals surface area contributed by atoms with E-state index in [0.717, 1.165) is 26.2 Å². The number of likely N-dealkylation sites (N-methyl/N-ethyl adjacent to an activating group) is 1.